The number of hydrogen-bond donors (Lipinski definition) is 2. The third-order valence-electron chi connectivity index (χ3n) is 4.25. The number of nitrogens with zero attached hydrogens (tertiary/aromatic N) is 6. The second-order valence-electron chi connectivity index (χ2n) is 6.39. The molecule has 0 aliphatic heterocycles. The molecule has 10 heteroatoms. The molecule has 0 aromatic carbocycles. The molecule has 0 spiro atoms. The predicted octanol–water partition coefficient (Wildman–Crippen LogP) is 3.45. The molecule has 4 aromatic rings. The number of rotatable bonds is 9. The Balaban J connectivity index is 1.54. The second kappa shape index (κ2) is 8.93. The smallest absolute Gasteiger partial charge is 0.255 e. The van der Waals surface area contributed by atoms with Crippen molar-refractivity contribution in [2.24, 2.45) is 5.73 Å². The summed E-state index contributed by atoms with van der Waals surface area (Å²) in [6, 6.07) is 3.70. The molecule has 0 unspecified atom stereocenters. The molecule has 0 radical (unpaired) electrons. The lowest BCUT2D eigenvalue weighted by molar-refractivity contribution is 0.574. The van der Waals surface area contributed by atoms with Gasteiger partial charge >= 0.3 is 0 Å². The van der Waals surface area contributed by atoms with Crippen molar-refractivity contribution in [2.75, 3.05) is 29.9 Å². The van der Waals surface area contributed by atoms with Crippen LogP contribution in [0.25, 0.3) is 21.1 Å². The van der Waals surface area contributed by atoms with Gasteiger partial charge in [-0.15, -0.1) is 11.3 Å². The van der Waals surface area contributed by atoms with E-state index in [0.29, 0.717) is 30.0 Å². The minimum atomic E-state index is 0.508. The summed E-state index contributed by atoms with van der Waals surface area (Å²) in [7, 11) is 0. The van der Waals surface area contributed by atoms with Crippen molar-refractivity contribution in [1.29, 1.82) is 0 Å². The maximum Gasteiger partial charge on any atom is 0.255 e. The molecule has 0 amide bonds. The van der Waals surface area contributed by atoms with Crippen molar-refractivity contribution >= 4 is 39.1 Å². The van der Waals surface area contributed by atoms with Gasteiger partial charge in [-0.2, -0.15) is 4.98 Å². The monoisotopic (exact) mass is 410 g/mol. The summed E-state index contributed by atoms with van der Waals surface area (Å²) in [6.45, 7) is 4.31. The van der Waals surface area contributed by atoms with Gasteiger partial charge in [-0.3, -0.25) is 0 Å². The fourth-order valence-corrected chi connectivity index (χ4v) is 3.70. The Morgan fingerprint density at radius 1 is 1.14 bits per heavy atom. The average Bonchev–Trinajstić information content (AvgIpc) is 3.40. The van der Waals surface area contributed by atoms with Crippen LogP contribution in [0.3, 0.4) is 0 Å². The van der Waals surface area contributed by atoms with Crippen molar-refractivity contribution in [2.45, 2.75) is 19.8 Å². The van der Waals surface area contributed by atoms with Gasteiger partial charge in [-0.25, -0.2) is 19.9 Å². The van der Waals surface area contributed by atoms with Gasteiger partial charge in [-0.1, -0.05) is 13.3 Å². The molecule has 9 nitrogen and oxygen atoms in total. The maximum atomic E-state index is 5.75. The number of aromatic nitrogens is 5. The molecular weight excluding hydrogens is 388 g/mol. The van der Waals surface area contributed by atoms with Gasteiger partial charge in [-0.05, 0) is 12.5 Å². The van der Waals surface area contributed by atoms with Crippen LogP contribution in [0.5, 0.6) is 0 Å². The highest BCUT2D eigenvalue weighted by molar-refractivity contribution is 7.21. The van der Waals surface area contributed by atoms with E-state index in [4.69, 9.17) is 10.2 Å². The molecule has 0 aliphatic carbocycles. The first-order valence-electron chi connectivity index (χ1n) is 9.48. The zero-order valence-corrected chi connectivity index (χ0v) is 16.9. The maximum absolute atomic E-state index is 5.75. The number of anilines is 3. The number of pyridine rings is 1. The molecule has 0 aliphatic rings. The predicted molar refractivity (Wildman–Crippen MR) is 114 cm³/mol. The van der Waals surface area contributed by atoms with E-state index in [1.807, 2.05) is 12.1 Å². The molecule has 4 aromatic heterocycles. The van der Waals surface area contributed by atoms with Crippen LogP contribution in [0.2, 0.25) is 0 Å². The summed E-state index contributed by atoms with van der Waals surface area (Å²) in [5, 5.41) is 3.96. The molecule has 0 bridgehead atoms. The van der Waals surface area contributed by atoms with Gasteiger partial charge in [0.2, 0.25) is 5.95 Å². The quantitative estimate of drug-likeness (QED) is 0.427. The van der Waals surface area contributed by atoms with Crippen LogP contribution < -0.4 is 16.0 Å². The van der Waals surface area contributed by atoms with E-state index >= 15 is 0 Å². The van der Waals surface area contributed by atoms with Crippen LogP contribution in [-0.4, -0.2) is 44.6 Å². The van der Waals surface area contributed by atoms with E-state index in [9.17, 15) is 0 Å². The third-order valence-corrected chi connectivity index (χ3v) is 5.25. The zero-order chi connectivity index (χ0) is 20.1. The highest BCUT2D eigenvalue weighted by atomic mass is 32.1. The highest BCUT2D eigenvalue weighted by Gasteiger charge is 2.12. The van der Waals surface area contributed by atoms with Crippen molar-refractivity contribution < 1.29 is 4.42 Å². The molecule has 3 N–H and O–H groups in total. The van der Waals surface area contributed by atoms with Crippen LogP contribution >= 0.6 is 11.3 Å². The van der Waals surface area contributed by atoms with E-state index in [0.717, 1.165) is 41.2 Å². The van der Waals surface area contributed by atoms with E-state index in [2.05, 4.69) is 42.1 Å². The first-order chi connectivity index (χ1) is 14.3. The van der Waals surface area contributed by atoms with Gasteiger partial charge in [0.1, 0.15) is 17.9 Å². The largest absolute Gasteiger partial charge is 0.443 e. The van der Waals surface area contributed by atoms with Crippen LogP contribution in [0.1, 0.15) is 19.8 Å². The van der Waals surface area contributed by atoms with Crippen molar-refractivity contribution in [3.8, 4) is 10.9 Å². The first-order valence-corrected chi connectivity index (χ1v) is 10.3. The van der Waals surface area contributed by atoms with Gasteiger partial charge in [0.15, 0.2) is 5.01 Å². The molecule has 4 rings (SSSR count). The molecule has 0 saturated carbocycles. The SMILES string of the molecule is CCCCN(CCN)c1nccc(Nc2cc3nc(-c4ncco4)sc3cn2)n1. The minimum Gasteiger partial charge on any atom is -0.443 e. The van der Waals surface area contributed by atoms with Crippen molar-refractivity contribution in [3.05, 3.63) is 37.0 Å². The number of nitrogens with two attached hydrogens (primary N) is 1. The number of hydrogen-bond acceptors (Lipinski definition) is 10. The highest BCUT2D eigenvalue weighted by Crippen LogP contribution is 2.30. The van der Waals surface area contributed by atoms with Crippen molar-refractivity contribution in [1.82, 2.24) is 24.9 Å². The van der Waals surface area contributed by atoms with Gasteiger partial charge in [0, 0.05) is 38.1 Å². The van der Waals surface area contributed by atoms with Crippen LogP contribution in [-0.2, 0) is 0 Å². The lowest BCUT2D eigenvalue weighted by Gasteiger charge is -2.22. The summed E-state index contributed by atoms with van der Waals surface area (Å²) in [5.41, 5.74) is 6.57. The molecule has 29 heavy (non-hydrogen) atoms. The summed E-state index contributed by atoms with van der Waals surface area (Å²) in [6.07, 6.45) is 8.83. The number of oxazole rings is 1. The molecule has 150 valence electrons. The Morgan fingerprint density at radius 3 is 2.86 bits per heavy atom. The standard InChI is InChI=1S/C19H22N8OS/c1-2-3-8-27(9-5-20)19-22-6-4-15(26-19)25-16-11-13-14(12-23-16)29-18(24-13)17-21-7-10-28-17/h4,6-7,10-12H,2-3,5,8-9,20H2,1H3,(H,22,23,25,26). The Hall–Kier alpha value is -3.11. The first kappa shape index (κ1) is 19.2. The summed E-state index contributed by atoms with van der Waals surface area (Å²) < 4.78 is 6.29. The third kappa shape index (κ3) is 4.49. The topological polar surface area (TPSA) is 119 Å². The van der Waals surface area contributed by atoms with Crippen LogP contribution in [0, 0.1) is 0 Å². The van der Waals surface area contributed by atoms with Crippen molar-refractivity contribution in [3.63, 3.8) is 0 Å². The molecule has 0 atom stereocenters. The summed E-state index contributed by atoms with van der Waals surface area (Å²) >= 11 is 1.49. The summed E-state index contributed by atoms with van der Waals surface area (Å²) in [4.78, 5) is 24.4. The molecule has 0 fully saturated rings. The van der Waals surface area contributed by atoms with Gasteiger partial charge in [0.05, 0.1) is 16.4 Å². The van der Waals surface area contributed by atoms with Crippen LogP contribution in [0.4, 0.5) is 17.6 Å². The molecule has 0 saturated heterocycles. The second-order valence-corrected chi connectivity index (χ2v) is 7.42. The van der Waals surface area contributed by atoms with E-state index < -0.39 is 0 Å². The fourth-order valence-electron chi connectivity index (χ4n) is 2.84. The minimum absolute atomic E-state index is 0.508. The Kier molecular flexibility index (Phi) is 5.92. The van der Waals surface area contributed by atoms with E-state index in [1.165, 1.54) is 17.6 Å². The van der Waals surface area contributed by atoms with E-state index in [-0.39, 0.29) is 0 Å². The van der Waals surface area contributed by atoms with Gasteiger partial charge < -0.3 is 20.4 Å². The average molecular weight is 411 g/mol. The normalized spacial score (nSPS) is 11.1. The lowest BCUT2D eigenvalue weighted by Crippen LogP contribution is -2.31. The number of fused-ring (bicyclic) bond motifs is 1. The van der Waals surface area contributed by atoms with Crippen LogP contribution in [0.15, 0.2) is 41.4 Å². The molecule has 4 heterocycles. The van der Waals surface area contributed by atoms with Gasteiger partial charge in [0.25, 0.3) is 5.89 Å². The lowest BCUT2D eigenvalue weighted by atomic mass is 10.3. The zero-order valence-electron chi connectivity index (χ0n) is 16.1. The number of thiazole rings is 1. The summed E-state index contributed by atoms with van der Waals surface area (Å²) in [5.74, 6) is 2.50. The Morgan fingerprint density at radius 2 is 2.07 bits per heavy atom. The Bertz CT molecular complexity index is 1070. The van der Waals surface area contributed by atoms with E-state index in [1.54, 1.807) is 18.6 Å². The molecular formula is C19H22N8OS. The fraction of sp³-hybridized carbons (Fsp3) is 0.316. The Labute approximate surface area is 172 Å². The number of unbranched alkanes of at least 4 members (excludes halogenated alkanes) is 1. The number of nitrogens with one attached hydrogen (secondary N) is 1.